The second kappa shape index (κ2) is 9.70. The SMILES string of the molecule is CCCCOc1ccc(CC(C(=O)O)c2ccc(OC)c(OC)c2)cc1. The fourth-order valence-corrected chi connectivity index (χ4v) is 2.71. The molecule has 0 aliphatic heterocycles. The first kappa shape index (κ1) is 19.6. The molecule has 0 aliphatic rings. The van der Waals surface area contributed by atoms with Gasteiger partial charge in [0.2, 0.25) is 0 Å². The summed E-state index contributed by atoms with van der Waals surface area (Å²) in [6.45, 7) is 2.81. The minimum Gasteiger partial charge on any atom is -0.494 e. The van der Waals surface area contributed by atoms with Crippen molar-refractivity contribution in [1.82, 2.24) is 0 Å². The largest absolute Gasteiger partial charge is 0.494 e. The Kier molecular flexibility index (Phi) is 7.33. The topological polar surface area (TPSA) is 65.0 Å². The van der Waals surface area contributed by atoms with E-state index < -0.39 is 11.9 Å². The molecule has 0 saturated heterocycles. The predicted octanol–water partition coefficient (Wildman–Crippen LogP) is 4.29. The quantitative estimate of drug-likeness (QED) is 0.642. The van der Waals surface area contributed by atoms with Crippen LogP contribution in [0.1, 0.15) is 36.8 Å². The number of ether oxygens (including phenoxy) is 3. The van der Waals surface area contributed by atoms with Crippen LogP contribution in [-0.2, 0) is 11.2 Å². The minimum absolute atomic E-state index is 0.389. The monoisotopic (exact) mass is 358 g/mol. The molecule has 0 radical (unpaired) electrons. The average Bonchev–Trinajstić information content (AvgIpc) is 2.66. The number of carbonyl (C=O) groups is 1. The van der Waals surface area contributed by atoms with Gasteiger partial charge in [0.1, 0.15) is 5.75 Å². The number of hydrogen-bond donors (Lipinski definition) is 1. The molecule has 2 rings (SSSR count). The molecule has 0 fully saturated rings. The Labute approximate surface area is 154 Å². The highest BCUT2D eigenvalue weighted by molar-refractivity contribution is 5.77. The van der Waals surface area contributed by atoms with Crippen molar-refractivity contribution in [3.63, 3.8) is 0 Å². The molecule has 2 aromatic rings. The lowest BCUT2D eigenvalue weighted by Gasteiger charge is -2.16. The van der Waals surface area contributed by atoms with Crippen molar-refractivity contribution in [3.8, 4) is 17.2 Å². The number of unbranched alkanes of at least 4 members (excludes halogenated alkanes) is 1. The smallest absolute Gasteiger partial charge is 0.311 e. The molecule has 1 atom stereocenters. The van der Waals surface area contributed by atoms with E-state index in [1.807, 2.05) is 24.3 Å². The van der Waals surface area contributed by atoms with Gasteiger partial charge in [0.05, 0.1) is 26.7 Å². The number of benzene rings is 2. The summed E-state index contributed by atoms with van der Waals surface area (Å²) in [5.41, 5.74) is 1.62. The Morgan fingerprint density at radius 1 is 1.04 bits per heavy atom. The standard InChI is InChI=1S/C21H26O5/c1-4-5-12-26-17-9-6-15(7-10-17)13-18(21(22)23)16-8-11-19(24-2)20(14-16)25-3/h6-11,14,18H,4-5,12-13H2,1-3H3,(H,22,23). The number of carboxylic acids is 1. The number of carboxylic acid groups (broad SMARTS) is 1. The van der Waals surface area contributed by atoms with Crippen molar-refractivity contribution in [2.24, 2.45) is 0 Å². The maximum absolute atomic E-state index is 11.8. The van der Waals surface area contributed by atoms with Crippen molar-refractivity contribution in [2.75, 3.05) is 20.8 Å². The molecular formula is C21H26O5. The number of methoxy groups -OCH3 is 2. The molecule has 0 heterocycles. The molecule has 0 aromatic heterocycles. The van der Waals surface area contributed by atoms with Gasteiger partial charge in [-0.3, -0.25) is 4.79 Å². The van der Waals surface area contributed by atoms with Crippen LogP contribution in [0.4, 0.5) is 0 Å². The van der Waals surface area contributed by atoms with Gasteiger partial charge in [0, 0.05) is 0 Å². The van der Waals surface area contributed by atoms with Crippen molar-refractivity contribution in [1.29, 1.82) is 0 Å². The van der Waals surface area contributed by atoms with Gasteiger partial charge in [0.15, 0.2) is 11.5 Å². The van der Waals surface area contributed by atoms with Crippen LogP contribution in [0.15, 0.2) is 42.5 Å². The molecule has 0 amide bonds. The lowest BCUT2D eigenvalue weighted by molar-refractivity contribution is -0.138. The average molecular weight is 358 g/mol. The van der Waals surface area contributed by atoms with Gasteiger partial charge in [-0.05, 0) is 48.2 Å². The van der Waals surface area contributed by atoms with Crippen LogP contribution in [0.3, 0.4) is 0 Å². The van der Waals surface area contributed by atoms with E-state index in [0.717, 1.165) is 24.2 Å². The zero-order valence-electron chi connectivity index (χ0n) is 15.5. The summed E-state index contributed by atoms with van der Waals surface area (Å²) in [5.74, 6) is 0.368. The van der Waals surface area contributed by atoms with Crippen LogP contribution in [0.25, 0.3) is 0 Å². The summed E-state index contributed by atoms with van der Waals surface area (Å²) < 4.78 is 16.1. The molecular weight excluding hydrogens is 332 g/mol. The van der Waals surface area contributed by atoms with Gasteiger partial charge in [-0.2, -0.15) is 0 Å². The number of rotatable bonds is 10. The first-order chi connectivity index (χ1) is 12.6. The number of aliphatic carboxylic acids is 1. The van der Waals surface area contributed by atoms with Gasteiger partial charge in [-0.25, -0.2) is 0 Å². The molecule has 140 valence electrons. The first-order valence-corrected chi connectivity index (χ1v) is 8.75. The fourth-order valence-electron chi connectivity index (χ4n) is 2.71. The molecule has 5 heteroatoms. The summed E-state index contributed by atoms with van der Waals surface area (Å²) in [4.78, 5) is 11.8. The van der Waals surface area contributed by atoms with Crippen LogP contribution >= 0.6 is 0 Å². The van der Waals surface area contributed by atoms with Crippen molar-refractivity contribution in [3.05, 3.63) is 53.6 Å². The van der Waals surface area contributed by atoms with Gasteiger partial charge < -0.3 is 19.3 Å². The van der Waals surface area contributed by atoms with Gasteiger partial charge in [-0.1, -0.05) is 31.5 Å². The Balaban J connectivity index is 2.14. The fraction of sp³-hybridized carbons (Fsp3) is 0.381. The summed E-state index contributed by atoms with van der Waals surface area (Å²) in [7, 11) is 3.09. The highest BCUT2D eigenvalue weighted by atomic mass is 16.5. The van der Waals surface area contributed by atoms with Gasteiger partial charge in [-0.15, -0.1) is 0 Å². The molecule has 0 spiro atoms. The summed E-state index contributed by atoms with van der Waals surface area (Å²) in [6.07, 6.45) is 2.49. The van der Waals surface area contributed by atoms with E-state index in [1.165, 1.54) is 7.11 Å². The normalized spacial score (nSPS) is 11.7. The number of hydrogen-bond acceptors (Lipinski definition) is 4. The van der Waals surface area contributed by atoms with Gasteiger partial charge >= 0.3 is 5.97 Å². The zero-order chi connectivity index (χ0) is 18.9. The van der Waals surface area contributed by atoms with E-state index in [2.05, 4.69) is 6.92 Å². The van der Waals surface area contributed by atoms with E-state index in [9.17, 15) is 9.90 Å². The molecule has 1 unspecified atom stereocenters. The van der Waals surface area contributed by atoms with E-state index >= 15 is 0 Å². The third-order valence-electron chi connectivity index (χ3n) is 4.24. The molecule has 0 saturated carbocycles. The molecule has 1 N–H and O–H groups in total. The van der Waals surface area contributed by atoms with Crippen LogP contribution in [0.5, 0.6) is 17.2 Å². The Bertz CT molecular complexity index is 709. The first-order valence-electron chi connectivity index (χ1n) is 8.75. The maximum Gasteiger partial charge on any atom is 0.311 e. The second-order valence-corrected chi connectivity index (χ2v) is 6.06. The lowest BCUT2D eigenvalue weighted by atomic mass is 9.92. The van der Waals surface area contributed by atoms with Crippen molar-refractivity contribution >= 4 is 5.97 Å². The van der Waals surface area contributed by atoms with Crippen LogP contribution in [-0.4, -0.2) is 31.9 Å². The highest BCUT2D eigenvalue weighted by Crippen LogP contribution is 2.32. The highest BCUT2D eigenvalue weighted by Gasteiger charge is 2.22. The third-order valence-corrected chi connectivity index (χ3v) is 4.24. The predicted molar refractivity (Wildman–Crippen MR) is 100 cm³/mol. The minimum atomic E-state index is -0.875. The molecule has 2 aromatic carbocycles. The zero-order valence-corrected chi connectivity index (χ0v) is 15.5. The van der Waals surface area contributed by atoms with Crippen LogP contribution in [0.2, 0.25) is 0 Å². The van der Waals surface area contributed by atoms with E-state index in [0.29, 0.717) is 30.1 Å². The van der Waals surface area contributed by atoms with Gasteiger partial charge in [0.25, 0.3) is 0 Å². The van der Waals surface area contributed by atoms with E-state index in [-0.39, 0.29) is 0 Å². The van der Waals surface area contributed by atoms with Crippen molar-refractivity contribution in [2.45, 2.75) is 32.1 Å². The summed E-state index contributed by atoms with van der Waals surface area (Å²) in [6, 6.07) is 12.8. The molecule has 0 aliphatic carbocycles. The van der Waals surface area contributed by atoms with Crippen molar-refractivity contribution < 1.29 is 24.1 Å². The maximum atomic E-state index is 11.8. The van der Waals surface area contributed by atoms with Crippen LogP contribution < -0.4 is 14.2 Å². The van der Waals surface area contributed by atoms with E-state index in [4.69, 9.17) is 14.2 Å². The third kappa shape index (κ3) is 5.15. The Hall–Kier alpha value is -2.69. The molecule has 5 nitrogen and oxygen atoms in total. The summed E-state index contributed by atoms with van der Waals surface area (Å²) >= 11 is 0. The van der Waals surface area contributed by atoms with Crippen LogP contribution in [0, 0.1) is 0 Å². The second-order valence-electron chi connectivity index (χ2n) is 6.06. The molecule has 0 bridgehead atoms. The molecule has 26 heavy (non-hydrogen) atoms. The summed E-state index contributed by atoms with van der Waals surface area (Å²) in [5, 5.41) is 9.68. The Morgan fingerprint density at radius 2 is 1.73 bits per heavy atom. The van der Waals surface area contributed by atoms with E-state index in [1.54, 1.807) is 25.3 Å². The Morgan fingerprint density at radius 3 is 2.31 bits per heavy atom. The lowest BCUT2D eigenvalue weighted by Crippen LogP contribution is -2.14.